The molecule has 3 atom stereocenters. The highest BCUT2D eigenvalue weighted by atomic mass is 127. The zero-order chi connectivity index (χ0) is 17.6. The Morgan fingerprint density at radius 1 is 1.11 bits per heavy atom. The van der Waals surface area contributed by atoms with Crippen LogP contribution in [0.15, 0.2) is 23.2 Å². The molecule has 2 aliphatic heterocycles. The SMILES string of the molecule is CN=C(Nc1ccc2c(c1)OCCCO2)NC1C2CCOC2C12CCC2.I. The van der Waals surface area contributed by atoms with Gasteiger partial charge in [0, 0.05) is 49.2 Å². The van der Waals surface area contributed by atoms with E-state index < -0.39 is 0 Å². The molecule has 3 unspecified atom stereocenters. The maximum atomic E-state index is 6.02. The third kappa shape index (κ3) is 3.16. The van der Waals surface area contributed by atoms with Crippen molar-refractivity contribution in [2.45, 2.75) is 44.2 Å². The van der Waals surface area contributed by atoms with Crippen LogP contribution in [0.3, 0.4) is 0 Å². The molecule has 0 bridgehead atoms. The molecule has 2 heterocycles. The molecule has 7 heteroatoms. The molecule has 2 aliphatic carbocycles. The van der Waals surface area contributed by atoms with Crippen molar-refractivity contribution in [1.29, 1.82) is 0 Å². The van der Waals surface area contributed by atoms with Crippen molar-refractivity contribution in [3.05, 3.63) is 18.2 Å². The van der Waals surface area contributed by atoms with Gasteiger partial charge in [0.1, 0.15) is 0 Å². The first-order valence-electron chi connectivity index (χ1n) is 9.82. The van der Waals surface area contributed by atoms with Gasteiger partial charge in [0.15, 0.2) is 17.5 Å². The summed E-state index contributed by atoms with van der Waals surface area (Å²) in [6.45, 7) is 2.30. The Labute approximate surface area is 177 Å². The molecular weight excluding hydrogens is 457 g/mol. The number of aliphatic imine (C=N–C) groups is 1. The molecule has 1 aromatic carbocycles. The van der Waals surface area contributed by atoms with Crippen LogP contribution in [-0.2, 0) is 4.74 Å². The number of fused-ring (bicyclic) bond motifs is 3. The van der Waals surface area contributed by atoms with Crippen molar-refractivity contribution in [2.24, 2.45) is 16.3 Å². The van der Waals surface area contributed by atoms with Crippen LogP contribution in [0.4, 0.5) is 5.69 Å². The zero-order valence-electron chi connectivity index (χ0n) is 15.7. The van der Waals surface area contributed by atoms with E-state index >= 15 is 0 Å². The fourth-order valence-corrected chi connectivity index (χ4v) is 5.14. The van der Waals surface area contributed by atoms with Crippen LogP contribution in [0.2, 0.25) is 0 Å². The predicted octanol–water partition coefficient (Wildman–Crippen LogP) is 3.41. The minimum atomic E-state index is 0. The molecule has 1 saturated heterocycles. The van der Waals surface area contributed by atoms with Gasteiger partial charge in [-0.3, -0.25) is 4.99 Å². The highest BCUT2D eigenvalue weighted by molar-refractivity contribution is 14.0. The molecule has 2 saturated carbocycles. The molecule has 1 spiro atoms. The van der Waals surface area contributed by atoms with Crippen LogP contribution >= 0.6 is 24.0 Å². The van der Waals surface area contributed by atoms with Crippen molar-refractivity contribution >= 4 is 35.6 Å². The zero-order valence-corrected chi connectivity index (χ0v) is 18.0. The van der Waals surface area contributed by atoms with Gasteiger partial charge in [-0.1, -0.05) is 6.42 Å². The lowest BCUT2D eigenvalue weighted by atomic mass is 9.46. The smallest absolute Gasteiger partial charge is 0.195 e. The van der Waals surface area contributed by atoms with Crippen molar-refractivity contribution in [3.8, 4) is 11.5 Å². The van der Waals surface area contributed by atoms with E-state index in [2.05, 4.69) is 15.6 Å². The maximum absolute atomic E-state index is 6.02. The van der Waals surface area contributed by atoms with E-state index in [0.717, 1.165) is 42.6 Å². The van der Waals surface area contributed by atoms with E-state index in [1.165, 1.54) is 19.3 Å². The average molecular weight is 485 g/mol. The van der Waals surface area contributed by atoms with Gasteiger partial charge < -0.3 is 24.8 Å². The van der Waals surface area contributed by atoms with Crippen LogP contribution in [0.5, 0.6) is 11.5 Å². The van der Waals surface area contributed by atoms with E-state index in [0.29, 0.717) is 36.7 Å². The summed E-state index contributed by atoms with van der Waals surface area (Å²) in [6, 6.07) is 6.44. The first-order chi connectivity index (χ1) is 12.8. The Morgan fingerprint density at radius 2 is 1.93 bits per heavy atom. The van der Waals surface area contributed by atoms with Crippen LogP contribution in [0.1, 0.15) is 32.1 Å². The standard InChI is InChI=1S/C20H27N3O3.HI/c1-21-19(22-13-4-5-15-16(12-13)25-10-3-9-24-15)23-17-14-6-11-26-18(14)20(17)7-2-8-20;/h4-5,12,14,17-18H,2-3,6-11H2,1H3,(H2,21,22,23);1H. The molecule has 5 rings (SSSR count). The number of nitrogens with zero attached hydrogens (tertiary/aromatic N) is 1. The van der Waals surface area contributed by atoms with E-state index in [1.54, 1.807) is 0 Å². The molecule has 1 aromatic rings. The van der Waals surface area contributed by atoms with E-state index in [9.17, 15) is 0 Å². The van der Waals surface area contributed by atoms with Gasteiger partial charge >= 0.3 is 0 Å². The Kier molecular flexibility index (Phi) is 5.42. The van der Waals surface area contributed by atoms with Gasteiger partial charge in [0.2, 0.25) is 0 Å². The summed E-state index contributed by atoms with van der Waals surface area (Å²) in [5.41, 5.74) is 1.30. The Bertz CT molecular complexity index is 722. The summed E-state index contributed by atoms with van der Waals surface area (Å²) in [7, 11) is 1.83. The Hall–Kier alpha value is -1.22. The minimum absolute atomic E-state index is 0. The molecule has 0 aromatic heterocycles. The highest BCUT2D eigenvalue weighted by Crippen LogP contribution is 2.62. The number of halogens is 1. The summed E-state index contributed by atoms with van der Waals surface area (Å²) in [5, 5.41) is 7.12. The number of hydrogen-bond acceptors (Lipinski definition) is 4. The quantitative estimate of drug-likeness (QED) is 0.382. The summed E-state index contributed by atoms with van der Waals surface area (Å²) in [4.78, 5) is 4.46. The molecular formula is C20H28IN3O3. The lowest BCUT2D eigenvalue weighted by molar-refractivity contribution is -0.171. The van der Waals surface area contributed by atoms with E-state index in [4.69, 9.17) is 14.2 Å². The summed E-state index contributed by atoms with van der Waals surface area (Å²) in [5.74, 6) is 3.06. The van der Waals surface area contributed by atoms with Crippen LogP contribution < -0.4 is 20.1 Å². The van der Waals surface area contributed by atoms with Crippen LogP contribution in [-0.4, -0.2) is 45.0 Å². The van der Waals surface area contributed by atoms with Crippen molar-refractivity contribution in [3.63, 3.8) is 0 Å². The molecule has 27 heavy (non-hydrogen) atoms. The normalized spacial score (nSPS) is 30.3. The number of ether oxygens (including phenoxy) is 3. The monoisotopic (exact) mass is 485 g/mol. The third-order valence-electron chi connectivity index (χ3n) is 6.56. The summed E-state index contributed by atoms with van der Waals surface area (Å²) >= 11 is 0. The van der Waals surface area contributed by atoms with Gasteiger partial charge in [-0.25, -0.2) is 0 Å². The summed E-state index contributed by atoms with van der Waals surface area (Å²) < 4.78 is 17.5. The first-order valence-corrected chi connectivity index (χ1v) is 9.82. The molecule has 2 N–H and O–H groups in total. The molecule has 148 valence electrons. The first kappa shape index (κ1) is 19.1. The average Bonchev–Trinajstić information content (AvgIpc) is 2.89. The second kappa shape index (κ2) is 7.66. The van der Waals surface area contributed by atoms with Crippen molar-refractivity contribution in [1.82, 2.24) is 5.32 Å². The predicted molar refractivity (Wildman–Crippen MR) is 116 cm³/mol. The Morgan fingerprint density at radius 3 is 2.67 bits per heavy atom. The summed E-state index contributed by atoms with van der Waals surface area (Å²) in [6.07, 6.45) is 6.39. The topological polar surface area (TPSA) is 64.1 Å². The van der Waals surface area contributed by atoms with Crippen molar-refractivity contribution in [2.75, 3.05) is 32.2 Å². The molecule has 0 amide bonds. The lowest BCUT2D eigenvalue weighted by Gasteiger charge is -2.63. The number of rotatable bonds is 2. The third-order valence-corrected chi connectivity index (χ3v) is 6.56. The Balaban J connectivity index is 0.00000180. The van der Waals surface area contributed by atoms with E-state index in [1.807, 2.05) is 25.2 Å². The molecule has 4 aliphatic rings. The van der Waals surface area contributed by atoms with Gasteiger partial charge in [-0.2, -0.15) is 0 Å². The largest absolute Gasteiger partial charge is 0.490 e. The van der Waals surface area contributed by atoms with Crippen molar-refractivity contribution < 1.29 is 14.2 Å². The second-order valence-corrected chi connectivity index (χ2v) is 7.86. The molecule has 6 nitrogen and oxygen atoms in total. The number of anilines is 1. The molecule has 3 fully saturated rings. The molecule has 0 radical (unpaired) electrons. The van der Waals surface area contributed by atoms with Gasteiger partial charge in [0.25, 0.3) is 0 Å². The minimum Gasteiger partial charge on any atom is -0.490 e. The lowest BCUT2D eigenvalue weighted by Crippen LogP contribution is -2.72. The highest BCUT2D eigenvalue weighted by Gasteiger charge is 2.66. The van der Waals surface area contributed by atoms with Crippen LogP contribution in [0.25, 0.3) is 0 Å². The number of nitrogens with one attached hydrogen (secondary N) is 2. The van der Waals surface area contributed by atoms with Gasteiger partial charge in [0.05, 0.1) is 19.3 Å². The van der Waals surface area contributed by atoms with Gasteiger partial charge in [-0.05, 0) is 31.4 Å². The second-order valence-electron chi connectivity index (χ2n) is 7.86. The van der Waals surface area contributed by atoms with Crippen LogP contribution in [0, 0.1) is 11.3 Å². The fourth-order valence-electron chi connectivity index (χ4n) is 5.14. The fraction of sp³-hybridized carbons (Fsp3) is 0.650. The van der Waals surface area contributed by atoms with Gasteiger partial charge in [-0.15, -0.1) is 24.0 Å². The number of guanidine groups is 1. The maximum Gasteiger partial charge on any atom is 0.195 e. The number of benzene rings is 1. The van der Waals surface area contributed by atoms with E-state index in [-0.39, 0.29) is 24.0 Å². The number of hydrogen-bond donors (Lipinski definition) is 2.